The molecule has 18 heavy (non-hydrogen) atoms. The first-order valence-corrected chi connectivity index (χ1v) is 6.45. The zero-order valence-electron chi connectivity index (χ0n) is 10.7. The van der Waals surface area contributed by atoms with Crippen molar-refractivity contribution in [3.05, 3.63) is 0 Å². The molecule has 0 aliphatic carbocycles. The number of nitrogens with zero attached hydrogens (tertiary/aromatic N) is 1. The molecule has 0 aromatic heterocycles. The van der Waals surface area contributed by atoms with Crippen LogP contribution in [0.1, 0.15) is 20.8 Å². The van der Waals surface area contributed by atoms with E-state index in [1.165, 1.54) is 0 Å². The topological polar surface area (TPSA) is 58.6 Å². The highest BCUT2D eigenvalue weighted by atomic mass is 79.9. The summed E-state index contributed by atoms with van der Waals surface area (Å²) < 4.78 is 4.85. The van der Waals surface area contributed by atoms with E-state index in [4.69, 9.17) is 4.74 Å². The third-order valence-corrected chi connectivity index (χ3v) is 2.53. The van der Waals surface area contributed by atoms with Gasteiger partial charge in [0.1, 0.15) is 0 Å². The van der Waals surface area contributed by atoms with Crippen LogP contribution in [0.3, 0.4) is 0 Å². The summed E-state index contributed by atoms with van der Waals surface area (Å²) in [4.78, 5) is 27.2. The molecule has 1 rings (SSSR count). The summed E-state index contributed by atoms with van der Waals surface area (Å²) >= 11 is 3.02. The number of rotatable bonds is 2. The second-order valence-electron chi connectivity index (χ2n) is 5.19. The van der Waals surface area contributed by atoms with Gasteiger partial charge >= 0.3 is 6.09 Å². The number of nitrogens with one attached hydrogen (secondary N) is 1. The second-order valence-corrected chi connectivity index (χ2v) is 5.58. The lowest BCUT2D eigenvalue weighted by Crippen LogP contribution is -2.51. The maximum Gasteiger partial charge on any atom is 0.408 e. The number of alkyl carbamates (subject to hydrolysis) is 1. The van der Waals surface area contributed by atoms with Crippen LogP contribution in [0.15, 0.2) is 0 Å². The molecule has 6 heteroatoms. The average molecular weight is 317 g/mol. The van der Waals surface area contributed by atoms with Gasteiger partial charge in [0.2, 0.25) is 0 Å². The van der Waals surface area contributed by atoms with Crippen molar-refractivity contribution >= 4 is 27.9 Å². The number of carbonyl (C=O) groups is 2. The molecule has 0 saturated carbocycles. The quantitative estimate of drug-likeness (QED) is 0.782. The van der Waals surface area contributed by atoms with Gasteiger partial charge in [-0.15, -0.1) is 0 Å². The van der Waals surface area contributed by atoms with E-state index >= 15 is 0 Å². The Balaban J connectivity index is 2.22. The van der Waals surface area contributed by atoms with Crippen LogP contribution in [-0.2, 0) is 9.53 Å². The lowest BCUT2D eigenvalue weighted by atomic mass is 10.0. The molecule has 0 spiro atoms. The Labute approximate surface area is 115 Å². The molecular formula is C12H17BrN2O3. The third-order valence-electron chi connectivity index (χ3n) is 2.30. The SMILES string of the molecule is CC(C)(C)NC(=O)OCC(=O)N1CC(C#CBr)C1. The van der Waals surface area contributed by atoms with Crippen molar-refractivity contribution in [3.8, 4) is 10.8 Å². The van der Waals surface area contributed by atoms with E-state index in [-0.39, 0.29) is 24.0 Å². The van der Waals surface area contributed by atoms with Gasteiger partial charge in [0.25, 0.3) is 5.91 Å². The molecule has 0 bridgehead atoms. The average Bonchev–Trinajstić information content (AvgIpc) is 2.17. The standard InChI is InChI=1S/C12H17BrN2O3/c1-12(2,3)14-11(17)18-8-10(16)15-6-9(7-15)4-5-13/h9H,6-8H2,1-3H3,(H,14,17). The van der Waals surface area contributed by atoms with Gasteiger partial charge in [-0.25, -0.2) is 4.79 Å². The molecule has 1 heterocycles. The van der Waals surface area contributed by atoms with E-state index in [0.29, 0.717) is 13.1 Å². The summed E-state index contributed by atoms with van der Waals surface area (Å²) in [5.41, 5.74) is -0.368. The smallest absolute Gasteiger partial charge is 0.408 e. The van der Waals surface area contributed by atoms with Crippen LogP contribution in [0.5, 0.6) is 0 Å². The van der Waals surface area contributed by atoms with Crippen LogP contribution in [0.4, 0.5) is 4.79 Å². The van der Waals surface area contributed by atoms with Gasteiger partial charge in [0.15, 0.2) is 6.61 Å². The van der Waals surface area contributed by atoms with Gasteiger partial charge in [-0.1, -0.05) is 5.92 Å². The maximum atomic E-state index is 11.6. The lowest BCUT2D eigenvalue weighted by molar-refractivity contribution is -0.139. The molecule has 1 aliphatic rings. The van der Waals surface area contributed by atoms with Gasteiger partial charge < -0.3 is 15.0 Å². The van der Waals surface area contributed by atoms with Crippen molar-refractivity contribution < 1.29 is 14.3 Å². The first-order valence-electron chi connectivity index (χ1n) is 5.65. The highest BCUT2D eigenvalue weighted by Crippen LogP contribution is 2.14. The molecule has 0 aromatic carbocycles. The minimum absolute atomic E-state index is 0.188. The minimum Gasteiger partial charge on any atom is -0.439 e. The van der Waals surface area contributed by atoms with E-state index in [9.17, 15) is 9.59 Å². The molecule has 1 aliphatic heterocycles. The number of halogens is 1. The van der Waals surface area contributed by atoms with Gasteiger partial charge in [-0.2, -0.15) is 0 Å². The first kappa shape index (κ1) is 14.8. The molecule has 0 unspecified atom stereocenters. The maximum absolute atomic E-state index is 11.6. The van der Waals surface area contributed by atoms with Crippen molar-refractivity contribution in [1.29, 1.82) is 0 Å². The third kappa shape index (κ3) is 4.96. The van der Waals surface area contributed by atoms with Crippen LogP contribution in [-0.4, -0.2) is 42.1 Å². The monoisotopic (exact) mass is 316 g/mol. The van der Waals surface area contributed by atoms with Crippen molar-refractivity contribution in [2.75, 3.05) is 19.7 Å². The number of hydrogen-bond acceptors (Lipinski definition) is 3. The van der Waals surface area contributed by atoms with Crippen molar-refractivity contribution in [1.82, 2.24) is 10.2 Å². The Bertz CT molecular complexity index is 386. The summed E-state index contributed by atoms with van der Waals surface area (Å²) in [6.07, 6.45) is -0.576. The minimum atomic E-state index is -0.576. The molecular weight excluding hydrogens is 300 g/mol. The van der Waals surface area contributed by atoms with Crippen LogP contribution >= 0.6 is 15.9 Å². The predicted octanol–water partition coefficient (Wildman–Crippen LogP) is 1.33. The van der Waals surface area contributed by atoms with Crippen LogP contribution in [0.25, 0.3) is 0 Å². The number of ether oxygens (including phenoxy) is 1. The number of likely N-dealkylation sites (tertiary alicyclic amines) is 1. The fourth-order valence-electron chi connectivity index (χ4n) is 1.41. The number of carbonyl (C=O) groups excluding carboxylic acids is 2. The van der Waals surface area contributed by atoms with E-state index in [2.05, 4.69) is 32.0 Å². The zero-order chi connectivity index (χ0) is 13.8. The highest BCUT2D eigenvalue weighted by Gasteiger charge is 2.29. The molecule has 2 amide bonds. The Morgan fingerprint density at radius 1 is 1.44 bits per heavy atom. The Kier molecular flexibility index (Phi) is 5.03. The van der Waals surface area contributed by atoms with Gasteiger partial charge in [-0.05, 0) is 25.6 Å². The summed E-state index contributed by atoms with van der Waals surface area (Å²) in [7, 11) is 0. The van der Waals surface area contributed by atoms with Crippen molar-refractivity contribution in [2.45, 2.75) is 26.3 Å². The molecule has 100 valence electrons. The number of hydrogen-bond donors (Lipinski definition) is 1. The molecule has 5 nitrogen and oxygen atoms in total. The summed E-state index contributed by atoms with van der Waals surface area (Å²) in [5, 5.41) is 2.62. The second kappa shape index (κ2) is 6.10. The van der Waals surface area contributed by atoms with Gasteiger partial charge in [0.05, 0.1) is 5.92 Å². The molecule has 0 aromatic rings. The molecule has 0 atom stereocenters. The Morgan fingerprint density at radius 2 is 2.06 bits per heavy atom. The fraction of sp³-hybridized carbons (Fsp3) is 0.667. The molecule has 1 N–H and O–H groups in total. The fourth-order valence-corrected chi connectivity index (χ4v) is 1.74. The lowest BCUT2D eigenvalue weighted by Gasteiger charge is -2.36. The number of amides is 2. The summed E-state index contributed by atoms with van der Waals surface area (Å²) in [5.74, 6) is 2.95. The van der Waals surface area contributed by atoms with Crippen LogP contribution in [0.2, 0.25) is 0 Å². The Hall–Kier alpha value is -1.22. The van der Waals surface area contributed by atoms with E-state index in [0.717, 1.165) is 0 Å². The molecule has 1 saturated heterocycles. The van der Waals surface area contributed by atoms with E-state index < -0.39 is 6.09 Å². The summed E-state index contributed by atoms with van der Waals surface area (Å²) in [6.45, 7) is 6.50. The molecule has 0 radical (unpaired) electrons. The van der Waals surface area contributed by atoms with Crippen LogP contribution < -0.4 is 5.32 Å². The predicted molar refractivity (Wildman–Crippen MR) is 71.0 cm³/mol. The first-order chi connectivity index (χ1) is 8.31. The van der Waals surface area contributed by atoms with E-state index in [1.54, 1.807) is 4.90 Å². The van der Waals surface area contributed by atoms with Crippen LogP contribution in [0, 0.1) is 16.7 Å². The van der Waals surface area contributed by atoms with Crippen molar-refractivity contribution in [3.63, 3.8) is 0 Å². The zero-order valence-corrected chi connectivity index (χ0v) is 12.3. The Morgan fingerprint density at radius 3 is 2.56 bits per heavy atom. The summed E-state index contributed by atoms with van der Waals surface area (Å²) in [6, 6.07) is 0. The van der Waals surface area contributed by atoms with Gasteiger partial charge in [0, 0.05) is 34.6 Å². The van der Waals surface area contributed by atoms with Gasteiger partial charge in [-0.3, -0.25) is 4.79 Å². The normalized spacial score (nSPS) is 15.2. The molecule has 1 fully saturated rings. The highest BCUT2D eigenvalue weighted by molar-refractivity contribution is 9.12. The van der Waals surface area contributed by atoms with E-state index in [1.807, 2.05) is 20.8 Å². The van der Waals surface area contributed by atoms with Crippen molar-refractivity contribution in [2.24, 2.45) is 5.92 Å². The largest absolute Gasteiger partial charge is 0.439 e.